The molecule has 9 nitrogen and oxygen atoms in total. The summed E-state index contributed by atoms with van der Waals surface area (Å²) in [5.41, 5.74) is 0.255. The molecule has 0 aromatic heterocycles. The molecule has 32 heavy (non-hydrogen) atoms. The van der Waals surface area contributed by atoms with Crippen LogP contribution in [0.1, 0.15) is 46.0 Å². The summed E-state index contributed by atoms with van der Waals surface area (Å²) in [6.07, 6.45) is 1.88. The third-order valence-electron chi connectivity index (χ3n) is 5.85. The molecule has 174 valence electrons. The number of hydrogen-bond donors (Lipinski definition) is 2. The Morgan fingerprint density at radius 3 is 2.34 bits per heavy atom. The Balaban J connectivity index is 1.90. The summed E-state index contributed by atoms with van der Waals surface area (Å²) in [6.45, 7) is 3.15. The molecule has 3 rings (SSSR count). The second-order valence-electron chi connectivity index (χ2n) is 7.77. The predicted octanol–water partition coefficient (Wildman–Crippen LogP) is 2.22. The van der Waals surface area contributed by atoms with Crippen LogP contribution in [0.4, 0.5) is 4.79 Å². The molecule has 2 aliphatic rings. The molecule has 0 spiro atoms. The first-order chi connectivity index (χ1) is 15.3. The SMILES string of the molecule is CCOC(=O)C1=C(COC(=O)C2(S(=O)(=O)c3ccccc3)CCCC2)NC(=O)N[C@H]1CC. The van der Waals surface area contributed by atoms with Crippen molar-refractivity contribution in [1.29, 1.82) is 0 Å². The number of esters is 2. The van der Waals surface area contributed by atoms with Gasteiger partial charge in [0.1, 0.15) is 6.61 Å². The molecule has 1 aliphatic heterocycles. The zero-order valence-corrected chi connectivity index (χ0v) is 19.0. The van der Waals surface area contributed by atoms with Crippen LogP contribution in [0.3, 0.4) is 0 Å². The Bertz CT molecular complexity index is 1010. The molecule has 1 aliphatic carbocycles. The van der Waals surface area contributed by atoms with Gasteiger partial charge in [-0.2, -0.15) is 0 Å². The van der Waals surface area contributed by atoms with Crippen LogP contribution in [0.5, 0.6) is 0 Å². The van der Waals surface area contributed by atoms with Gasteiger partial charge in [-0.05, 0) is 38.3 Å². The standard InChI is InChI=1S/C22H28N2O7S/c1-3-16-18(19(25)30-4-2)17(24-21(27)23-16)14-31-20(26)22(12-8-9-13-22)32(28,29)15-10-6-5-7-11-15/h5-7,10-11,16H,3-4,8-9,12-14H2,1-2H3,(H2,23,24,27)/t16-/m0/s1. The van der Waals surface area contributed by atoms with Gasteiger partial charge in [0, 0.05) is 0 Å². The van der Waals surface area contributed by atoms with Gasteiger partial charge < -0.3 is 20.1 Å². The normalized spacial score (nSPS) is 20.3. The van der Waals surface area contributed by atoms with Crippen molar-refractivity contribution in [2.45, 2.75) is 61.6 Å². The Morgan fingerprint density at radius 2 is 1.75 bits per heavy atom. The fourth-order valence-electron chi connectivity index (χ4n) is 4.20. The lowest BCUT2D eigenvalue weighted by molar-refractivity contribution is -0.146. The summed E-state index contributed by atoms with van der Waals surface area (Å²) in [7, 11) is -4.00. The van der Waals surface area contributed by atoms with Gasteiger partial charge in [-0.15, -0.1) is 0 Å². The molecule has 0 saturated heterocycles. The van der Waals surface area contributed by atoms with Crippen molar-refractivity contribution in [3.05, 3.63) is 41.6 Å². The Kier molecular flexibility index (Phi) is 7.22. The fourth-order valence-corrected chi connectivity index (χ4v) is 6.27. The molecule has 10 heteroatoms. The van der Waals surface area contributed by atoms with E-state index in [2.05, 4.69) is 10.6 Å². The van der Waals surface area contributed by atoms with Gasteiger partial charge in [-0.1, -0.05) is 38.0 Å². The second-order valence-corrected chi connectivity index (χ2v) is 10.0. The maximum atomic E-state index is 13.4. The van der Waals surface area contributed by atoms with Crippen molar-refractivity contribution in [2.24, 2.45) is 0 Å². The Morgan fingerprint density at radius 1 is 1.09 bits per heavy atom. The number of ether oxygens (including phenoxy) is 2. The first-order valence-electron chi connectivity index (χ1n) is 10.7. The van der Waals surface area contributed by atoms with Gasteiger partial charge in [0.05, 0.1) is 28.8 Å². The van der Waals surface area contributed by atoms with Crippen LogP contribution < -0.4 is 10.6 Å². The van der Waals surface area contributed by atoms with Crippen LogP contribution in [-0.2, 0) is 28.9 Å². The highest BCUT2D eigenvalue weighted by molar-refractivity contribution is 7.93. The highest BCUT2D eigenvalue weighted by Crippen LogP contribution is 2.41. The van der Waals surface area contributed by atoms with Gasteiger partial charge in [0.2, 0.25) is 0 Å². The van der Waals surface area contributed by atoms with E-state index in [-0.39, 0.29) is 35.6 Å². The lowest BCUT2D eigenvalue weighted by Crippen LogP contribution is -2.51. The summed E-state index contributed by atoms with van der Waals surface area (Å²) >= 11 is 0. The number of carbonyl (C=O) groups excluding carboxylic acids is 3. The molecule has 1 aromatic rings. The number of amides is 2. The summed E-state index contributed by atoms with van der Waals surface area (Å²) in [5, 5.41) is 5.14. The molecule has 1 aromatic carbocycles. The zero-order valence-electron chi connectivity index (χ0n) is 18.2. The van der Waals surface area contributed by atoms with Gasteiger partial charge in [-0.25, -0.2) is 18.0 Å². The topological polar surface area (TPSA) is 128 Å². The molecule has 1 atom stereocenters. The lowest BCUT2D eigenvalue weighted by Gasteiger charge is -2.30. The predicted molar refractivity (Wildman–Crippen MR) is 115 cm³/mol. The number of hydrogen-bond acceptors (Lipinski definition) is 7. The van der Waals surface area contributed by atoms with Gasteiger partial charge in [0.15, 0.2) is 14.6 Å². The van der Waals surface area contributed by atoms with Crippen molar-refractivity contribution in [1.82, 2.24) is 10.6 Å². The number of urea groups is 1. The van der Waals surface area contributed by atoms with E-state index in [1.165, 1.54) is 12.1 Å². The number of benzene rings is 1. The molecule has 0 radical (unpaired) electrons. The van der Waals surface area contributed by atoms with E-state index in [1.54, 1.807) is 32.0 Å². The molecular weight excluding hydrogens is 436 g/mol. The van der Waals surface area contributed by atoms with Crippen molar-refractivity contribution in [2.75, 3.05) is 13.2 Å². The molecule has 1 fully saturated rings. The molecule has 0 bridgehead atoms. The average Bonchev–Trinajstić information content (AvgIpc) is 3.29. The van der Waals surface area contributed by atoms with Crippen molar-refractivity contribution in [3.63, 3.8) is 0 Å². The number of nitrogens with one attached hydrogen (secondary N) is 2. The number of carbonyl (C=O) groups is 3. The molecule has 1 heterocycles. The van der Waals surface area contributed by atoms with Crippen molar-refractivity contribution in [3.8, 4) is 0 Å². The van der Waals surface area contributed by atoms with Crippen LogP contribution in [-0.4, -0.2) is 50.4 Å². The summed E-state index contributed by atoms with van der Waals surface area (Å²) in [4.78, 5) is 37.8. The van der Waals surface area contributed by atoms with Crippen LogP contribution in [0.2, 0.25) is 0 Å². The highest BCUT2D eigenvalue weighted by atomic mass is 32.2. The zero-order chi connectivity index (χ0) is 23.4. The van der Waals surface area contributed by atoms with Crippen molar-refractivity contribution >= 4 is 27.8 Å². The first-order valence-corrected chi connectivity index (χ1v) is 12.2. The summed E-state index contributed by atoms with van der Waals surface area (Å²) in [6, 6.07) is 6.69. The maximum Gasteiger partial charge on any atom is 0.338 e. The number of rotatable bonds is 8. The third-order valence-corrected chi connectivity index (χ3v) is 8.34. The van der Waals surface area contributed by atoms with E-state index in [0.717, 1.165) is 0 Å². The molecular formula is C22H28N2O7S. The largest absolute Gasteiger partial charge is 0.463 e. The van der Waals surface area contributed by atoms with Crippen molar-refractivity contribution < 1.29 is 32.3 Å². The average molecular weight is 465 g/mol. The molecule has 1 saturated carbocycles. The van der Waals surface area contributed by atoms with E-state index in [0.29, 0.717) is 19.3 Å². The quantitative estimate of drug-likeness (QED) is 0.565. The van der Waals surface area contributed by atoms with Gasteiger partial charge >= 0.3 is 18.0 Å². The third kappa shape index (κ3) is 4.36. The minimum absolute atomic E-state index is 0.0616. The minimum Gasteiger partial charge on any atom is -0.463 e. The molecule has 2 N–H and O–H groups in total. The van der Waals surface area contributed by atoms with Gasteiger partial charge in [-0.3, -0.25) is 4.79 Å². The van der Waals surface area contributed by atoms with E-state index in [1.807, 2.05) is 0 Å². The lowest BCUT2D eigenvalue weighted by atomic mass is 10.0. The Labute approximate surface area is 187 Å². The second kappa shape index (κ2) is 9.72. The molecule has 2 amide bonds. The summed E-state index contributed by atoms with van der Waals surface area (Å²) in [5.74, 6) is -1.51. The monoisotopic (exact) mass is 464 g/mol. The van der Waals surface area contributed by atoms with Crippen LogP contribution in [0.15, 0.2) is 46.5 Å². The maximum absolute atomic E-state index is 13.4. The smallest absolute Gasteiger partial charge is 0.338 e. The van der Waals surface area contributed by atoms with E-state index in [4.69, 9.17) is 9.47 Å². The van der Waals surface area contributed by atoms with E-state index in [9.17, 15) is 22.8 Å². The number of sulfone groups is 1. The Hall–Kier alpha value is -2.88. The van der Waals surface area contributed by atoms with Gasteiger partial charge in [0.25, 0.3) is 0 Å². The van der Waals surface area contributed by atoms with Crippen LogP contribution in [0.25, 0.3) is 0 Å². The van der Waals surface area contributed by atoms with E-state index >= 15 is 0 Å². The fraction of sp³-hybridized carbons (Fsp3) is 0.500. The van der Waals surface area contributed by atoms with Crippen LogP contribution in [0, 0.1) is 0 Å². The van der Waals surface area contributed by atoms with E-state index < -0.39 is 45.2 Å². The summed E-state index contributed by atoms with van der Waals surface area (Å²) < 4.78 is 35.6. The van der Waals surface area contributed by atoms with Crippen LogP contribution >= 0.6 is 0 Å². The highest BCUT2D eigenvalue weighted by Gasteiger charge is 2.54. The molecule has 0 unspecified atom stereocenters. The minimum atomic E-state index is -4.00. The first kappa shape index (κ1) is 23.8.